The summed E-state index contributed by atoms with van der Waals surface area (Å²) in [5, 5.41) is 19.1. The van der Waals surface area contributed by atoms with Gasteiger partial charge in [0.25, 0.3) is 0 Å². The van der Waals surface area contributed by atoms with Gasteiger partial charge in [0.15, 0.2) is 0 Å². The molecule has 1 aromatic carbocycles. The van der Waals surface area contributed by atoms with Gasteiger partial charge in [-0.25, -0.2) is 15.1 Å². The molecule has 0 bridgehead atoms. The highest BCUT2D eigenvalue weighted by Gasteiger charge is 2.35. The van der Waals surface area contributed by atoms with Crippen LogP contribution in [-0.2, 0) is 20.9 Å². The topological polar surface area (TPSA) is 148 Å². The molecule has 0 saturated heterocycles. The van der Waals surface area contributed by atoms with Crippen molar-refractivity contribution in [3.05, 3.63) is 73.3 Å². The molecule has 1 fully saturated rings. The second-order valence-electron chi connectivity index (χ2n) is 9.85. The van der Waals surface area contributed by atoms with E-state index in [2.05, 4.69) is 24.4 Å². The molecule has 1 saturated carbocycles. The minimum Gasteiger partial charge on any atom is -0.393 e. The van der Waals surface area contributed by atoms with E-state index >= 15 is 0 Å². The number of hydrogen-bond donors (Lipinski definition) is 3. The van der Waals surface area contributed by atoms with Crippen LogP contribution in [-0.4, -0.2) is 66.5 Å². The summed E-state index contributed by atoms with van der Waals surface area (Å²) in [4.78, 5) is 24.6. The number of anilines is 1. The van der Waals surface area contributed by atoms with Gasteiger partial charge in [-0.2, -0.15) is 8.42 Å². The fourth-order valence-corrected chi connectivity index (χ4v) is 7.14. The molecule has 1 unspecified atom stereocenters. The number of likely N-dealkylation sites (N-methyl/N-ethyl adjacent to an activating group) is 1. The monoisotopic (exact) mass is 611 g/mol. The maximum absolute atomic E-state index is 13.7. The summed E-state index contributed by atoms with van der Waals surface area (Å²) in [6, 6.07) is 7.29. The first-order valence-electron chi connectivity index (χ1n) is 12.2. The number of rotatable bonds is 8. The zero-order valence-electron chi connectivity index (χ0n) is 20.9. The summed E-state index contributed by atoms with van der Waals surface area (Å²) in [5.74, 6) is -0.406. The quantitative estimate of drug-likeness (QED) is 0.326. The van der Waals surface area contributed by atoms with Crippen molar-refractivity contribution in [1.82, 2.24) is 14.9 Å². The van der Waals surface area contributed by atoms with Crippen LogP contribution in [0.1, 0.15) is 50.8 Å². The Labute approximate surface area is 240 Å². The van der Waals surface area contributed by atoms with Gasteiger partial charge in [0.2, 0.25) is 5.78 Å². The number of thiophene rings is 1. The number of ketones is 1. The van der Waals surface area contributed by atoms with Crippen LogP contribution in [0, 0.1) is 5.92 Å². The third kappa shape index (κ3) is 6.28. The lowest BCUT2D eigenvalue weighted by molar-refractivity contribution is 0.101. The summed E-state index contributed by atoms with van der Waals surface area (Å²) in [6.45, 7) is 0.611. The van der Waals surface area contributed by atoms with Crippen molar-refractivity contribution in [1.29, 1.82) is 0 Å². The fourth-order valence-electron chi connectivity index (χ4n) is 5.32. The fraction of sp³-hybridized carbons (Fsp3) is 0.400. The Hall–Kier alpha value is -2.16. The van der Waals surface area contributed by atoms with Gasteiger partial charge in [0.05, 0.1) is 33.5 Å². The predicted octanol–water partition coefficient (Wildman–Crippen LogP) is 3.42. The standard InChI is InChI=1S/C25H27Cl2N5O5S2/c1-32-5-4-13-2-3-15(26)7-17(13)22(32)18-9-21(38-24(18)27)23(34)19-10-29-12-30-25(19)31-16-6-14(20(33)8-16)11-37-39(28,35)36/h2-3,7,9-10,12,14,16,20,22,33H,4-6,8,11H2,1H3,(H2,28,35,36)(H,29,30,31)/t14-,16-,20+,22?/m1/s1. The zero-order valence-corrected chi connectivity index (χ0v) is 24.0. The van der Waals surface area contributed by atoms with E-state index in [1.807, 2.05) is 31.3 Å². The van der Waals surface area contributed by atoms with Gasteiger partial charge in [0, 0.05) is 35.3 Å². The molecule has 2 aliphatic rings. The molecule has 208 valence electrons. The molecule has 14 heteroatoms. The van der Waals surface area contributed by atoms with Crippen molar-refractivity contribution in [3.63, 3.8) is 0 Å². The van der Waals surface area contributed by atoms with E-state index in [1.165, 1.54) is 29.4 Å². The van der Waals surface area contributed by atoms with Gasteiger partial charge in [-0.15, -0.1) is 11.3 Å². The van der Waals surface area contributed by atoms with Crippen LogP contribution < -0.4 is 10.5 Å². The molecule has 2 aromatic heterocycles. The van der Waals surface area contributed by atoms with Gasteiger partial charge in [0.1, 0.15) is 12.1 Å². The second kappa shape index (κ2) is 11.4. The Morgan fingerprint density at radius 1 is 1.28 bits per heavy atom. The first-order valence-corrected chi connectivity index (χ1v) is 15.3. The highest BCUT2D eigenvalue weighted by molar-refractivity contribution is 7.84. The SMILES string of the molecule is CN1CCc2ccc(Cl)cc2C1c1cc(C(=O)c2cncnc2N[C@@H]2C[C@H](COS(N)(=O)=O)[C@@H](O)C2)sc1Cl. The molecule has 1 aliphatic carbocycles. The number of carbonyl (C=O) groups excluding carboxylic acids is 1. The van der Waals surface area contributed by atoms with Crippen molar-refractivity contribution in [3.8, 4) is 0 Å². The van der Waals surface area contributed by atoms with Gasteiger partial charge in [-0.3, -0.25) is 13.9 Å². The number of fused-ring (bicyclic) bond motifs is 1. The largest absolute Gasteiger partial charge is 0.393 e. The lowest BCUT2D eigenvalue weighted by Crippen LogP contribution is -2.32. The number of hydrogen-bond acceptors (Lipinski definition) is 10. The summed E-state index contributed by atoms with van der Waals surface area (Å²) in [7, 11) is -2.09. The van der Waals surface area contributed by atoms with Gasteiger partial charge >= 0.3 is 10.3 Å². The van der Waals surface area contributed by atoms with E-state index in [0.29, 0.717) is 32.9 Å². The number of carbonyl (C=O) groups is 1. The Morgan fingerprint density at radius 3 is 2.85 bits per heavy atom. The molecule has 4 N–H and O–H groups in total. The lowest BCUT2D eigenvalue weighted by atomic mass is 9.89. The van der Waals surface area contributed by atoms with Crippen LogP contribution in [0.25, 0.3) is 0 Å². The second-order valence-corrected chi connectivity index (χ2v) is 13.2. The molecular weight excluding hydrogens is 585 g/mol. The van der Waals surface area contributed by atoms with E-state index in [9.17, 15) is 18.3 Å². The van der Waals surface area contributed by atoms with Crippen molar-refractivity contribution in [2.45, 2.75) is 37.5 Å². The molecule has 39 heavy (non-hydrogen) atoms. The Kier molecular flexibility index (Phi) is 8.28. The highest BCUT2D eigenvalue weighted by atomic mass is 35.5. The van der Waals surface area contributed by atoms with E-state index in [4.69, 9.17) is 28.3 Å². The molecular formula is C25H27Cl2N5O5S2. The number of nitrogens with zero attached hydrogens (tertiary/aromatic N) is 3. The van der Waals surface area contributed by atoms with Crippen LogP contribution in [0.3, 0.4) is 0 Å². The third-order valence-corrected chi connectivity index (χ3v) is 9.30. The van der Waals surface area contributed by atoms with Crippen molar-refractivity contribution < 1.29 is 22.5 Å². The van der Waals surface area contributed by atoms with E-state index in [1.54, 1.807) is 0 Å². The molecule has 0 spiro atoms. The summed E-state index contributed by atoms with van der Waals surface area (Å²) in [5.41, 5.74) is 3.37. The van der Waals surface area contributed by atoms with Crippen LogP contribution in [0.2, 0.25) is 9.36 Å². The van der Waals surface area contributed by atoms with Crippen LogP contribution in [0.4, 0.5) is 5.82 Å². The first kappa shape index (κ1) is 28.4. The number of halogens is 2. The maximum Gasteiger partial charge on any atom is 0.333 e. The molecule has 5 rings (SSSR count). The van der Waals surface area contributed by atoms with Gasteiger partial charge < -0.3 is 10.4 Å². The molecule has 1 aliphatic heterocycles. The van der Waals surface area contributed by atoms with Crippen LogP contribution in [0.5, 0.6) is 0 Å². The summed E-state index contributed by atoms with van der Waals surface area (Å²) < 4.78 is 27.4. The van der Waals surface area contributed by atoms with Crippen LogP contribution in [0.15, 0.2) is 36.8 Å². The minimum absolute atomic E-state index is 0.140. The van der Waals surface area contributed by atoms with Gasteiger partial charge in [-0.1, -0.05) is 29.3 Å². The minimum atomic E-state index is -4.11. The first-order chi connectivity index (χ1) is 18.5. The van der Waals surface area contributed by atoms with Crippen LogP contribution >= 0.6 is 34.5 Å². The maximum atomic E-state index is 13.7. The number of aromatic nitrogens is 2. The normalized spacial score (nSPS) is 23.5. The predicted molar refractivity (Wildman–Crippen MR) is 150 cm³/mol. The number of aliphatic hydroxyl groups is 1. The lowest BCUT2D eigenvalue weighted by Gasteiger charge is -2.34. The Balaban J connectivity index is 1.37. The summed E-state index contributed by atoms with van der Waals surface area (Å²) >= 11 is 14.2. The van der Waals surface area contributed by atoms with Gasteiger partial charge in [-0.05, 0) is 55.6 Å². The highest BCUT2D eigenvalue weighted by Crippen LogP contribution is 2.42. The van der Waals surface area contributed by atoms with Crippen molar-refractivity contribution in [2.24, 2.45) is 11.1 Å². The molecule has 10 nitrogen and oxygen atoms in total. The number of nitrogens with one attached hydrogen (secondary N) is 1. The average molecular weight is 613 g/mol. The zero-order chi connectivity index (χ0) is 27.9. The smallest absolute Gasteiger partial charge is 0.333 e. The van der Waals surface area contributed by atoms with E-state index in [-0.39, 0.29) is 30.0 Å². The molecule has 0 radical (unpaired) electrons. The third-order valence-electron chi connectivity index (χ3n) is 7.21. The molecule has 3 aromatic rings. The Bertz CT molecular complexity index is 1500. The van der Waals surface area contributed by atoms with E-state index < -0.39 is 22.3 Å². The van der Waals surface area contributed by atoms with Crippen molar-refractivity contribution >= 4 is 56.4 Å². The molecule has 3 heterocycles. The number of nitrogens with two attached hydrogens (primary N) is 1. The summed E-state index contributed by atoms with van der Waals surface area (Å²) in [6.07, 6.45) is 3.60. The molecule has 0 amide bonds. The van der Waals surface area contributed by atoms with Crippen molar-refractivity contribution in [2.75, 3.05) is 25.5 Å². The molecule has 4 atom stereocenters. The average Bonchev–Trinajstić information content (AvgIpc) is 3.43. The van der Waals surface area contributed by atoms with E-state index in [0.717, 1.165) is 24.1 Å². The number of benzene rings is 1. The Morgan fingerprint density at radius 2 is 2.08 bits per heavy atom. The number of aliphatic hydroxyl groups excluding tert-OH is 1.